The lowest BCUT2D eigenvalue weighted by molar-refractivity contribution is 0.568. The Morgan fingerprint density at radius 3 is 2.64 bits per heavy atom. The zero-order valence-electron chi connectivity index (χ0n) is 5.91. The predicted molar refractivity (Wildman–Crippen MR) is 46.1 cm³/mol. The van der Waals surface area contributed by atoms with Gasteiger partial charge in [0.1, 0.15) is 0 Å². The quantitative estimate of drug-likeness (QED) is 0.713. The molecule has 1 aromatic carbocycles. The summed E-state index contributed by atoms with van der Waals surface area (Å²) in [7, 11) is 0. The first-order valence-corrected chi connectivity index (χ1v) is 4.82. The van der Waals surface area contributed by atoms with Crippen LogP contribution in [-0.4, -0.2) is 10.5 Å². The maximum Gasteiger partial charge on any atom is 0.203 e. The van der Waals surface area contributed by atoms with Crippen LogP contribution in [-0.2, 0) is 11.1 Å². The van der Waals surface area contributed by atoms with Crippen molar-refractivity contribution in [1.82, 2.24) is 0 Å². The fourth-order valence-corrected chi connectivity index (χ4v) is 1.26. The van der Waals surface area contributed by atoms with Crippen molar-refractivity contribution in [2.75, 3.05) is 6.26 Å². The Morgan fingerprint density at radius 1 is 1.45 bits per heavy atom. The summed E-state index contributed by atoms with van der Waals surface area (Å²) >= 11 is 4.40. The van der Waals surface area contributed by atoms with Gasteiger partial charge in [0.15, 0.2) is 5.75 Å². The Morgan fingerprint density at radius 2 is 2.09 bits per heavy atom. The van der Waals surface area contributed by atoms with E-state index < -0.39 is 11.1 Å². The van der Waals surface area contributed by atoms with Crippen LogP contribution in [0.5, 0.6) is 5.75 Å². The summed E-state index contributed by atoms with van der Waals surface area (Å²) < 4.78 is 15.5. The summed E-state index contributed by atoms with van der Waals surface area (Å²) in [6.07, 6.45) is 1.45. The van der Waals surface area contributed by atoms with Gasteiger partial charge in [-0.3, -0.25) is 0 Å². The molecule has 0 fully saturated rings. The van der Waals surface area contributed by atoms with Gasteiger partial charge < -0.3 is 4.18 Å². The van der Waals surface area contributed by atoms with E-state index in [1.54, 1.807) is 24.3 Å². The third-order valence-electron chi connectivity index (χ3n) is 1.04. The average Bonchev–Trinajstić information content (AvgIpc) is 1.93. The molecule has 0 aliphatic rings. The number of para-hydroxylation sites is 1. The van der Waals surface area contributed by atoms with Crippen molar-refractivity contribution >= 4 is 22.7 Å². The van der Waals surface area contributed by atoms with Crippen LogP contribution in [0.15, 0.2) is 24.3 Å². The molecule has 0 saturated carbocycles. The molecule has 0 heterocycles. The van der Waals surface area contributed by atoms with E-state index in [4.69, 9.17) is 15.8 Å². The van der Waals surface area contributed by atoms with Crippen molar-refractivity contribution in [3.05, 3.63) is 29.3 Å². The second-order valence-electron chi connectivity index (χ2n) is 1.92. The Labute approximate surface area is 72.8 Å². The number of rotatable bonds is 2. The van der Waals surface area contributed by atoms with Gasteiger partial charge in [-0.1, -0.05) is 23.7 Å². The monoisotopic (exact) mass is 190 g/mol. The van der Waals surface area contributed by atoms with Gasteiger partial charge in [0, 0.05) is 6.26 Å². The molecule has 0 N–H and O–H groups in total. The predicted octanol–water partition coefficient (Wildman–Crippen LogP) is 2.01. The van der Waals surface area contributed by atoms with E-state index in [0.29, 0.717) is 10.8 Å². The normalized spacial score (nSPS) is 12.5. The topological polar surface area (TPSA) is 26.3 Å². The molecule has 2 nitrogen and oxygen atoms in total. The Kier molecular flexibility index (Phi) is 2.91. The highest BCUT2D eigenvalue weighted by molar-refractivity contribution is 7.79. The molecule has 0 aromatic heterocycles. The van der Waals surface area contributed by atoms with Crippen molar-refractivity contribution < 1.29 is 8.39 Å². The zero-order valence-corrected chi connectivity index (χ0v) is 7.48. The Bertz CT molecular complexity index is 275. The van der Waals surface area contributed by atoms with E-state index in [1.165, 1.54) is 6.26 Å². The molecule has 0 amide bonds. The summed E-state index contributed by atoms with van der Waals surface area (Å²) in [5.41, 5.74) is 0. The Hall–Kier alpha value is -0.540. The molecular weight excluding hydrogens is 184 g/mol. The molecule has 0 radical (unpaired) electrons. The average molecular weight is 191 g/mol. The standard InChI is InChI=1S/C7H7ClO2S/c1-11(9)10-7-5-3-2-4-6(7)8/h2-5H,1H3. The lowest BCUT2D eigenvalue weighted by Crippen LogP contribution is -1.96. The molecule has 1 atom stereocenters. The van der Waals surface area contributed by atoms with E-state index >= 15 is 0 Å². The minimum atomic E-state index is -1.31. The highest BCUT2D eigenvalue weighted by Gasteiger charge is 2.00. The van der Waals surface area contributed by atoms with Gasteiger partial charge in [0.2, 0.25) is 11.1 Å². The van der Waals surface area contributed by atoms with Crippen LogP contribution in [0, 0.1) is 0 Å². The fourth-order valence-electron chi connectivity index (χ4n) is 0.639. The van der Waals surface area contributed by atoms with Gasteiger partial charge in [-0.05, 0) is 12.1 Å². The molecule has 1 unspecified atom stereocenters. The number of hydrogen-bond acceptors (Lipinski definition) is 2. The van der Waals surface area contributed by atoms with Gasteiger partial charge in [-0.15, -0.1) is 0 Å². The van der Waals surface area contributed by atoms with Crippen LogP contribution in [0.2, 0.25) is 5.02 Å². The highest BCUT2D eigenvalue weighted by atomic mass is 35.5. The maximum atomic E-state index is 10.6. The van der Waals surface area contributed by atoms with E-state index in [0.717, 1.165) is 0 Å². The molecule has 60 valence electrons. The molecule has 0 saturated heterocycles. The summed E-state index contributed by atoms with van der Waals surface area (Å²) in [6, 6.07) is 6.91. The fraction of sp³-hybridized carbons (Fsp3) is 0.143. The van der Waals surface area contributed by atoms with Crippen LogP contribution in [0.1, 0.15) is 0 Å². The first-order valence-electron chi connectivity index (χ1n) is 2.96. The van der Waals surface area contributed by atoms with Crippen molar-refractivity contribution in [2.24, 2.45) is 0 Å². The molecule has 1 rings (SSSR count). The van der Waals surface area contributed by atoms with Crippen molar-refractivity contribution in [1.29, 1.82) is 0 Å². The Balaban J connectivity index is 2.86. The summed E-state index contributed by atoms with van der Waals surface area (Å²) in [6.45, 7) is 0. The van der Waals surface area contributed by atoms with Crippen LogP contribution >= 0.6 is 11.6 Å². The van der Waals surface area contributed by atoms with E-state index in [1.807, 2.05) is 0 Å². The minimum absolute atomic E-state index is 0.454. The van der Waals surface area contributed by atoms with Crippen molar-refractivity contribution in [3.63, 3.8) is 0 Å². The zero-order chi connectivity index (χ0) is 8.27. The highest BCUT2D eigenvalue weighted by Crippen LogP contribution is 2.23. The van der Waals surface area contributed by atoms with Crippen LogP contribution in [0.25, 0.3) is 0 Å². The second kappa shape index (κ2) is 3.74. The lowest BCUT2D eigenvalue weighted by Gasteiger charge is -2.01. The smallest absolute Gasteiger partial charge is 0.203 e. The van der Waals surface area contributed by atoms with E-state index in [9.17, 15) is 4.21 Å². The number of hydrogen-bond donors (Lipinski definition) is 0. The molecule has 0 aliphatic heterocycles. The van der Waals surface area contributed by atoms with Crippen LogP contribution < -0.4 is 4.18 Å². The molecule has 1 aromatic rings. The third kappa shape index (κ3) is 2.52. The largest absolute Gasteiger partial charge is 0.399 e. The molecule has 11 heavy (non-hydrogen) atoms. The molecule has 4 heteroatoms. The van der Waals surface area contributed by atoms with Gasteiger partial charge >= 0.3 is 0 Å². The molecule has 0 aliphatic carbocycles. The van der Waals surface area contributed by atoms with Crippen molar-refractivity contribution in [2.45, 2.75) is 0 Å². The molecule has 0 spiro atoms. The van der Waals surface area contributed by atoms with Gasteiger partial charge in [0.25, 0.3) is 0 Å². The van der Waals surface area contributed by atoms with E-state index in [2.05, 4.69) is 0 Å². The maximum absolute atomic E-state index is 10.6. The molecule has 0 bridgehead atoms. The third-order valence-corrected chi connectivity index (χ3v) is 1.77. The number of benzene rings is 1. The number of halogens is 1. The van der Waals surface area contributed by atoms with Crippen LogP contribution in [0.3, 0.4) is 0 Å². The SMILES string of the molecule is CS(=O)Oc1ccccc1Cl. The lowest BCUT2D eigenvalue weighted by atomic mass is 10.3. The summed E-state index contributed by atoms with van der Waals surface area (Å²) in [5, 5.41) is 0.475. The van der Waals surface area contributed by atoms with Gasteiger partial charge in [0.05, 0.1) is 5.02 Å². The first kappa shape index (κ1) is 8.56. The second-order valence-corrected chi connectivity index (χ2v) is 3.29. The molecular formula is C7H7ClO2S. The summed E-state index contributed by atoms with van der Waals surface area (Å²) in [5.74, 6) is 0.454. The minimum Gasteiger partial charge on any atom is -0.399 e. The van der Waals surface area contributed by atoms with Crippen molar-refractivity contribution in [3.8, 4) is 5.75 Å². The van der Waals surface area contributed by atoms with E-state index in [-0.39, 0.29) is 0 Å². The van der Waals surface area contributed by atoms with Crippen LogP contribution in [0.4, 0.5) is 0 Å². The first-order chi connectivity index (χ1) is 5.20. The summed E-state index contributed by atoms with van der Waals surface area (Å²) in [4.78, 5) is 0. The van der Waals surface area contributed by atoms with Gasteiger partial charge in [-0.2, -0.15) is 0 Å². The van der Waals surface area contributed by atoms with Gasteiger partial charge in [-0.25, -0.2) is 4.21 Å².